The van der Waals surface area contributed by atoms with Gasteiger partial charge in [0.25, 0.3) is 0 Å². The number of ether oxygens (including phenoxy) is 2. The lowest BCUT2D eigenvalue weighted by Crippen LogP contribution is -2.42. The van der Waals surface area contributed by atoms with Gasteiger partial charge in [0.2, 0.25) is 6.79 Å². The molecule has 5 nitrogen and oxygen atoms in total. The Hall–Kier alpha value is -1.63. The molecule has 0 atom stereocenters. The number of nitrogens with one attached hydrogen (secondary N) is 1. The summed E-state index contributed by atoms with van der Waals surface area (Å²) in [5.74, 6) is 1.63. The van der Waals surface area contributed by atoms with E-state index in [9.17, 15) is 0 Å². The van der Waals surface area contributed by atoms with Crippen LogP contribution in [0.4, 0.5) is 0 Å². The fourth-order valence-electron chi connectivity index (χ4n) is 3.25. The van der Waals surface area contributed by atoms with Gasteiger partial charge in [-0.25, -0.2) is 4.98 Å². The van der Waals surface area contributed by atoms with Crippen LogP contribution in [0.2, 0.25) is 0 Å². The highest BCUT2D eigenvalue weighted by atomic mass is 32.1. The van der Waals surface area contributed by atoms with E-state index in [2.05, 4.69) is 22.5 Å². The van der Waals surface area contributed by atoms with Crippen LogP contribution in [0.3, 0.4) is 0 Å². The minimum Gasteiger partial charge on any atom is -0.454 e. The first-order chi connectivity index (χ1) is 11.8. The second-order valence-electron chi connectivity index (χ2n) is 6.30. The Bertz CT molecular complexity index is 695. The van der Waals surface area contributed by atoms with Crippen LogP contribution in [0.1, 0.15) is 25.5 Å². The molecular formula is C18H23N3O2S. The van der Waals surface area contributed by atoms with E-state index in [1.165, 1.54) is 25.9 Å². The quantitative estimate of drug-likeness (QED) is 0.902. The number of hydrogen-bond acceptors (Lipinski definition) is 6. The van der Waals surface area contributed by atoms with E-state index in [-0.39, 0.29) is 0 Å². The molecule has 0 saturated carbocycles. The summed E-state index contributed by atoms with van der Waals surface area (Å²) in [5.41, 5.74) is 2.21. The van der Waals surface area contributed by atoms with Crippen LogP contribution >= 0.6 is 11.3 Å². The average molecular weight is 345 g/mol. The van der Waals surface area contributed by atoms with Crippen LogP contribution in [-0.4, -0.2) is 42.4 Å². The highest BCUT2D eigenvalue weighted by molar-refractivity contribution is 7.13. The van der Waals surface area contributed by atoms with Crippen LogP contribution < -0.4 is 14.8 Å². The molecule has 1 saturated heterocycles. The summed E-state index contributed by atoms with van der Waals surface area (Å²) in [4.78, 5) is 7.28. The SMILES string of the molecule is CCN1CCC(NCc2csc(-c3ccc4c(c3)OCO4)n2)CC1. The molecule has 2 aliphatic heterocycles. The molecule has 1 aromatic heterocycles. The van der Waals surface area contributed by atoms with Gasteiger partial charge in [0, 0.05) is 23.5 Å². The van der Waals surface area contributed by atoms with Crippen molar-refractivity contribution in [3.05, 3.63) is 29.3 Å². The van der Waals surface area contributed by atoms with Gasteiger partial charge in [0.1, 0.15) is 5.01 Å². The van der Waals surface area contributed by atoms with Crippen molar-refractivity contribution in [1.29, 1.82) is 0 Å². The van der Waals surface area contributed by atoms with Crippen molar-refractivity contribution in [3.63, 3.8) is 0 Å². The first-order valence-corrected chi connectivity index (χ1v) is 9.50. The molecule has 2 aliphatic rings. The van der Waals surface area contributed by atoms with Crippen LogP contribution in [0.5, 0.6) is 11.5 Å². The summed E-state index contributed by atoms with van der Waals surface area (Å²) >= 11 is 1.68. The Morgan fingerprint density at radius 3 is 2.92 bits per heavy atom. The van der Waals surface area contributed by atoms with Crippen molar-refractivity contribution in [3.8, 4) is 22.1 Å². The van der Waals surface area contributed by atoms with Crippen LogP contribution in [0.15, 0.2) is 23.6 Å². The normalized spacial score (nSPS) is 18.2. The highest BCUT2D eigenvalue weighted by Crippen LogP contribution is 2.36. The zero-order valence-corrected chi connectivity index (χ0v) is 14.8. The number of hydrogen-bond donors (Lipinski definition) is 1. The van der Waals surface area contributed by atoms with E-state index in [1.807, 2.05) is 18.2 Å². The topological polar surface area (TPSA) is 46.6 Å². The number of fused-ring (bicyclic) bond motifs is 1. The molecule has 3 heterocycles. The third kappa shape index (κ3) is 3.41. The molecule has 1 aromatic carbocycles. The van der Waals surface area contributed by atoms with E-state index in [4.69, 9.17) is 14.5 Å². The largest absolute Gasteiger partial charge is 0.454 e. The molecule has 0 bridgehead atoms. The minimum atomic E-state index is 0.308. The van der Waals surface area contributed by atoms with Gasteiger partial charge >= 0.3 is 0 Å². The Labute approximate surface area is 146 Å². The summed E-state index contributed by atoms with van der Waals surface area (Å²) in [7, 11) is 0. The van der Waals surface area contributed by atoms with E-state index >= 15 is 0 Å². The van der Waals surface area contributed by atoms with Gasteiger partial charge in [-0.2, -0.15) is 0 Å². The van der Waals surface area contributed by atoms with Crippen molar-refractivity contribution >= 4 is 11.3 Å². The molecule has 24 heavy (non-hydrogen) atoms. The van der Waals surface area contributed by atoms with E-state index in [1.54, 1.807) is 11.3 Å². The summed E-state index contributed by atoms with van der Waals surface area (Å²) in [6, 6.07) is 6.63. The standard InChI is InChI=1S/C18H23N3O2S/c1-2-21-7-5-14(6-8-21)19-10-15-11-24-18(20-15)13-3-4-16-17(9-13)23-12-22-16/h3-4,9,11,14,19H,2,5-8,10,12H2,1H3. The molecule has 1 fully saturated rings. The summed E-state index contributed by atoms with van der Waals surface area (Å²) in [6.45, 7) is 6.96. The Kier molecular flexibility index (Phi) is 4.69. The number of likely N-dealkylation sites (tertiary alicyclic amines) is 1. The monoisotopic (exact) mass is 345 g/mol. The Morgan fingerprint density at radius 1 is 1.25 bits per heavy atom. The molecule has 0 amide bonds. The van der Waals surface area contributed by atoms with Gasteiger partial charge in [-0.15, -0.1) is 11.3 Å². The van der Waals surface area contributed by atoms with Gasteiger partial charge in [0.05, 0.1) is 5.69 Å². The predicted octanol–water partition coefficient (Wildman–Crippen LogP) is 3.11. The molecule has 1 N–H and O–H groups in total. The molecule has 0 unspecified atom stereocenters. The lowest BCUT2D eigenvalue weighted by atomic mass is 10.1. The van der Waals surface area contributed by atoms with Crippen molar-refractivity contribution < 1.29 is 9.47 Å². The first-order valence-electron chi connectivity index (χ1n) is 8.62. The van der Waals surface area contributed by atoms with Gasteiger partial charge in [-0.05, 0) is 50.7 Å². The fourth-order valence-corrected chi connectivity index (χ4v) is 4.07. The van der Waals surface area contributed by atoms with Crippen molar-refractivity contribution in [2.75, 3.05) is 26.4 Å². The second kappa shape index (κ2) is 7.09. The molecule has 4 rings (SSSR count). The number of aromatic nitrogens is 1. The van der Waals surface area contributed by atoms with Crippen LogP contribution in [0.25, 0.3) is 10.6 Å². The molecule has 128 valence electrons. The Morgan fingerprint density at radius 2 is 2.08 bits per heavy atom. The lowest BCUT2D eigenvalue weighted by Gasteiger charge is -2.31. The highest BCUT2D eigenvalue weighted by Gasteiger charge is 2.18. The third-order valence-electron chi connectivity index (χ3n) is 4.78. The smallest absolute Gasteiger partial charge is 0.231 e. The maximum absolute atomic E-state index is 5.45. The number of rotatable bonds is 5. The molecular weight excluding hydrogens is 322 g/mol. The number of thiazole rings is 1. The van der Waals surface area contributed by atoms with E-state index < -0.39 is 0 Å². The van der Waals surface area contributed by atoms with Crippen molar-refractivity contribution in [1.82, 2.24) is 15.2 Å². The van der Waals surface area contributed by atoms with Gasteiger partial charge < -0.3 is 19.7 Å². The van der Waals surface area contributed by atoms with E-state index in [0.717, 1.165) is 40.9 Å². The second-order valence-corrected chi connectivity index (χ2v) is 7.16. The molecule has 2 aromatic rings. The summed E-state index contributed by atoms with van der Waals surface area (Å²) in [5, 5.41) is 6.84. The van der Waals surface area contributed by atoms with Gasteiger partial charge in [-0.3, -0.25) is 0 Å². The summed E-state index contributed by atoms with van der Waals surface area (Å²) < 4.78 is 10.8. The zero-order chi connectivity index (χ0) is 16.4. The number of nitrogens with zero attached hydrogens (tertiary/aromatic N) is 2. The first kappa shape index (κ1) is 15.9. The molecule has 6 heteroatoms. The minimum absolute atomic E-state index is 0.308. The van der Waals surface area contributed by atoms with E-state index in [0.29, 0.717) is 12.8 Å². The fraction of sp³-hybridized carbons (Fsp3) is 0.500. The zero-order valence-electron chi connectivity index (χ0n) is 14.0. The van der Waals surface area contributed by atoms with Gasteiger partial charge in [0.15, 0.2) is 11.5 Å². The van der Waals surface area contributed by atoms with Crippen LogP contribution in [0, 0.1) is 0 Å². The Balaban J connectivity index is 1.35. The third-order valence-corrected chi connectivity index (χ3v) is 5.72. The van der Waals surface area contributed by atoms with Crippen LogP contribution in [-0.2, 0) is 6.54 Å². The van der Waals surface area contributed by atoms with Crippen molar-refractivity contribution in [2.24, 2.45) is 0 Å². The number of benzene rings is 1. The maximum Gasteiger partial charge on any atom is 0.231 e. The number of piperidine rings is 1. The molecule has 0 spiro atoms. The predicted molar refractivity (Wildman–Crippen MR) is 95.6 cm³/mol. The van der Waals surface area contributed by atoms with Gasteiger partial charge in [-0.1, -0.05) is 6.92 Å². The maximum atomic E-state index is 5.45. The lowest BCUT2D eigenvalue weighted by molar-refractivity contribution is 0.174. The average Bonchev–Trinajstić information content (AvgIpc) is 3.29. The summed E-state index contributed by atoms with van der Waals surface area (Å²) in [6.07, 6.45) is 2.46. The molecule has 0 aliphatic carbocycles. The van der Waals surface area contributed by atoms with Crippen molar-refractivity contribution in [2.45, 2.75) is 32.4 Å². The molecule has 0 radical (unpaired) electrons.